The molecule has 1 aromatic carbocycles. The van der Waals surface area contributed by atoms with Crippen LogP contribution >= 0.6 is 0 Å². The summed E-state index contributed by atoms with van der Waals surface area (Å²) in [4.78, 5) is 19.4. The van der Waals surface area contributed by atoms with Gasteiger partial charge in [-0.1, -0.05) is 18.0 Å². The van der Waals surface area contributed by atoms with E-state index in [0.29, 0.717) is 42.7 Å². The van der Waals surface area contributed by atoms with Gasteiger partial charge in [0.1, 0.15) is 17.3 Å². The minimum atomic E-state index is 0.0949. The van der Waals surface area contributed by atoms with Crippen LogP contribution in [0.5, 0.6) is 11.5 Å². The number of hydrogen-bond acceptors (Lipinski definition) is 7. The first-order chi connectivity index (χ1) is 15.2. The molecule has 1 aliphatic rings. The van der Waals surface area contributed by atoms with Crippen LogP contribution in [-0.2, 0) is 17.8 Å². The van der Waals surface area contributed by atoms with E-state index in [1.54, 1.807) is 26.5 Å². The maximum absolute atomic E-state index is 13.1. The Balaban J connectivity index is 1.46. The normalized spacial score (nSPS) is 14.0. The number of carbonyl (C=O) groups is 1. The zero-order valence-electron chi connectivity index (χ0n) is 17.9. The molecule has 0 atom stereocenters. The van der Waals surface area contributed by atoms with Gasteiger partial charge in [-0.3, -0.25) is 4.79 Å². The summed E-state index contributed by atoms with van der Waals surface area (Å²) in [7, 11) is 3.18. The summed E-state index contributed by atoms with van der Waals surface area (Å²) in [6, 6.07) is 9.15. The van der Waals surface area contributed by atoms with Crippen molar-refractivity contribution in [2.75, 3.05) is 20.8 Å². The van der Waals surface area contributed by atoms with Crippen molar-refractivity contribution in [2.24, 2.45) is 5.92 Å². The second-order valence-electron chi connectivity index (χ2n) is 7.68. The Kier molecular flexibility index (Phi) is 6.54. The molecule has 0 radical (unpaired) electrons. The Labute approximate surface area is 181 Å². The van der Waals surface area contributed by atoms with Crippen LogP contribution in [0.1, 0.15) is 37.3 Å². The first-order valence-electron chi connectivity index (χ1n) is 10.5. The molecule has 0 unspecified atom stereocenters. The molecular weight excluding hydrogens is 398 g/mol. The molecule has 0 N–H and O–H groups in total. The van der Waals surface area contributed by atoms with E-state index < -0.39 is 0 Å². The quantitative estimate of drug-likeness (QED) is 0.509. The predicted molar refractivity (Wildman–Crippen MR) is 113 cm³/mol. The van der Waals surface area contributed by atoms with Gasteiger partial charge >= 0.3 is 0 Å². The zero-order chi connectivity index (χ0) is 21.6. The van der Waals surface area contributed by atoms with Gasteiger partial charge in [-0.15, -0.1) is 0 Å². The lowest BCUT2D eigenvalue weighted by Gasteiger charge is -2.24. The Bertz CT molecular complexity index is 970. The van der Waals surface area contributed by atoms with Gasteiger partial charge in [0.2, 0.25) is 17.6 Å². The molecule has 2 aromatic heterocycles. The van der Waals surface area contributed by atoms with Gasteiger partial charge in [-0.05, 0) is 37.1 Å². The molecule has 1 saturated carbocycles. The van der Waals surface area contributed by atoms with Crippen LogP contribution in [0.4, 0.5) is 0 Å². The fourth-order valence-electron chi connectivity index (χ4n) is 3.93. The number of amides is 1. The number of methoxy groups -OCH3 is 2. The standard InChI is InChI=1S/C23H27N3O5/c1-28-19-12-17(13-20(14-19)29-2)22-24-21(31-25-22)9-10-26(15-18-8-5-11-30-18)23(27)16-6-3-4-7-16/h5,8,11-14,16H,3-4,6-7,9-10,15H2,1-2H3. The summed E-state index contributed by atoms with van der Waals surface area (Å²) in [6.45, 7) is 0.926. The number of aromatic nitrogens is 2. The lowest BCUT2D eigenvalue weighted by molar-refractivity contribution is -0.136. The largest absolute Gasteiger partial charge is 0.497 e. The summed E-state index contributed by atoms with van der Waals surface area (Å²) in [6.07, 6.45) is 6.23. The molecule has 0 saturated heterocycles. The third kappa shape index (κ3) is 5.07. The van der Waals surface area contributed by atoms with Crippen molar-refractivity contribution in [1.29, 1.82) is 0 Å². The van der Waals surface area contributed by atoms with E-state index in [9.17, 15) is 4.79 Å². The second-order valence-corrected chi connectivity index (χ2v) is 7.68. The molecule has 0 bridgehead atoms. The minimum Gasteiger partial charge on any atom is -0.497 e. The number of nitrogens with zero attached hydrogens (tertiary/aromatic N) is 3. The summed E-state index contributed by atoms with van der Waals surface area (Å²) in [5.41, 5.74) is 0.737. The van der Waals surface area contributed by atoms with Crippen molar-refractivity contribution in [3.8, 4) is 22.9 Å². The Morgan fingerprint density at radius 2 is 1.90 bits per heavy atom. The molecule has 31 heavy (non-hydrogen) atoms. The molecule has 2 heterocycles. The van der Waals surface area contributed by atoms with Crippen molar-refractivity contribution in [3.63, 3.8) is 0 Å². The van der Waals surface area contributed by atoms with Gasteiger partial charge < -0.3 is 23.3 Å². The number of hydrogen-bond donors (Lipinski definition) is 0. The number of ether oxygens (including phenoxy) is 2. The monoisotopic (exact) mass is 425 g/mol. The molecule has 4 rings (SSSR count). The van der Waals surface area contributed by atoms with Crippen molar-refractivity contribution >= 4 is 5.91 Å². The average Bonchev–Trinajstić information content (AvgIpc) is 3.58. The molecule has 8 heteroatoms. The Morgan fingerprint density at radius 1 is 1.16 bits per heavy atom. The smallest absolute Gasteiger partial charge is 0.228 e. The molecule has 8 nitrogen and oxygen atoms in total. The van der Waals surface area contributed by atoms with E-state index in [1.807, 2.05) is 29.2 Å². The maximum Gasteiger partial charge on any atom is 0.228 e. The van der Waals surface area contributed by atoms with E-state index in [1.165, 1.54) is 0 Å². The fourth-order valence-corrected chi connectivity index (χ4v) is 3.93. The first-order valence-corrected chi connectivity index (χ1v) is 10.5. The second kappa shape index (κ2) is 9.68. The minimum absolute atomic E-state index is 0.0949. The van der Waals surface area contributed by atoms with E-state index in [2.05, 4.69) is 10.1 Å². The van der Waals surface area contributed by atoms with Gasteiger partial charge in [-0.25, -0.2) is 0 Å². The van der Waals surface area contributed by atoms with Crippen molar-refractivity contribution in [3.05, 3.63) is 48.2 Å². The summed E-state index contributed by atoms with van der Waals surface area (Å²) >= 11 is 0. The summed E-state index contributed by atoms with van der Waals surface area (Å²) < 4.78 is 21.5. The lowest BCUT2D eigenvalue weighted by atomic mass is 10.1. The van der Waals surface area contributed by atoms with Gasteiger partial charge in [0.15, 0.2) is 0 Å². The van der Waals surface area contributed by atoms with Gasteiger partial charge in [0.05, 0.1) is 27.0 Å². The van der Waals surface area contributed by atoms with Gasteiger partial charge in [0.25, 0.3) is 0 Å². The number of furan rings is 1. The van der Waals surface area contributed by atoms with Crippen LogP contribution < -0.4 is 9.47 Å². The van der Waals surface area contributed by atoms with Gasteiger partial charge in [-0.2, -0.15) is 4.98 Å². The predicted octanol–water partition coefficient (Wildman–Crippen LogP) is 4.11. The van der Waals surface area contributed by atoms with Crippen molar-refractivity contribution in [1.82, 2.24) is 15.0 Å². The van der Waals surface area contributed by atoms with Crippen molar-refractivity contribution < 1.29 is 23.2 Å². The highest BCUT2D eigenvalue weighted by atomic mass is 16.5. The maximum atomic E-state index is 13.1. The topological polar surface area (TPSA) is 90.8 Å². The first kappa shape index (κ1) is 21.0. The zero-order valence-corrected chi connectivity index (χ0v) is 17.9. The van der Waals surface area contributed by atoms with Crippen LogP contribution in [0.25, 0.3) is 11.4 Å². The highest BCUT2D eigenvalue weighted by molar-refractivity contribution is 5.79. The van der Waals surface area contributed by atoms with Crippen LogP contribution in [-0.4, -0.2) is 41.7 Å². The lowest BCUT2D eigenvalue weighted by Crippen LogP contribution is -2.36. The number of rotatable bonds is 9. The van der Waals surface area contributed by atoms with E-state index in [4.69, 9.17) is 18.4 Å². The average molecular weight is 425 g/mol. The van der Waals surface area contributed by atoms with Crippen LogP contribution in [0, 0.1) is 5.92 Å². The third-order valence-corrected chi connectivity index (χ3v) is 5.62. The third-order valence-electron chi connectivity index (χ3n) is 5.62. The highest BCUT2D eigenvalue weighted by Crippen LogP contribution is 2.29. The van der Waals surface area contributed by atoms with Crippen LogP contribution in [0.2, 0.25) is 0 Å². The fraction of sp³-hybridized carbons (Fsp3) is 0.435. The van der Waals surface area contributed by atoms with E-state index >= 15 is 0 Å². The Morgan fingerprint density at radius 3 is 2.55 bits per heavy atom. The van der Waals surface area contributed by atoms with E-state index in [0.717, 1.165) is 37.0 Å². The number of benzene rings is 1. The highest BCUT2D eigenvalue weighted by Gasteiger charge is 2.28. The van der Waals surface area contributed by atoms with Crippen LogP contribution in [0.3, 0.4) is 0 Å². The molecule has 164 valence electrons. The molecule has 0 aliphatic heterocycles. The molecular formula is C23H27N3O5. The molecule has 1 amide bonds. The molecule has 1 fully saturated rings. The SMILES string of the molecule is COc1cc(OC)cc(-c2noc(CCN(Cc3ccco3)C(=O)C3CCCC3)n2)c1. The van der Waals surface area contributed by atoms with E-state index in [-0.39, 0.29) is 11.8 Å². The molecule has 0 spiro atoms. The summed E-state index contributed by atoms with van der Waals surface area (Å²) in [5, 5.41) is 4.09. The molecule has 3 aromatic rings. The van der Waals surface area contributed by atoms with Crippen molar-refractivity contribution in [2.45, 2.75) is 38.6 Å². The summed E-state index contributed by atoms with van der Waals surface area (Å²) in [5.74, 6) is 3.25. The Hall–Kier alpha value is -3.29. The molecule has 1 aliphatic carbocycles. The van der Waals surface area contributed by atoms with Gasteiger partial charge in [0, 0.05) is 30.5 Å². The van der Waals surface area contributed by atoms with Crippen LogP contribution in [0.15, 0.2) is 45.5 Å². The number of carbonyl (C=O) groups excluding carboxylic acids is 1.